The molecule has 0 radical (unpaired) electrons. The molecule has 0 aromatic rings. The van der Waals surface area contributed by atoms with Crippen LogP contribution >= 0.6 is 0 Å². The first-order chi connectivity index (χ1) is 30.0. The van der Waals surface area contributed by atoms with Crippen LogP contribution in [0.1, 0.15) is 290 Å². The van der Waals surface area contributed by atoms with E-state index in [9.17, 15) is 19.8 Å². The van der Waals surface area contributed by atoms with Crippen LogP contribution in [-0.4, -0.2) is 47.4 Å². The van der Waals surface area contributed by atoms with Crippen molar-refractivity contribution in [1.29, 1.82) is 0 Å². The van der Waals surface area contributed by atoms with Gasteiger partial charge in [0.15, 0.2) is 0 Å². The summed E-state index contributed by atoms with van der Waals surface area (Å²) in [6.07, 6.45) is 60.4. The van der Waals surface area contributed by atoms with E-state index in [0.29, 0.717) is 19.4 Å². The van der Waals surface area contributed by atoms with E-state index >= 15 is 0 Å². The Bertz CT molecular complexity index is 951. The normalized spacial score (nSPS) is 12.8. The Morgan fingerprint density at radius 3 is 1.16 bits per heavy atom. The Morgan fingerprint density at radius 1 is 0.443 bits per heavy atom. The Morgan fingerprint density at radius 2 is 0.770 bits per heavy atom. The topological polar surface area (TPSA) is 95.9 Å². The number of allylic oxidation sites excluding steroid dienone is 3. The summed E-state index contributed by atoms with van der Waals surface area (Å²) in [4.78, 5) is 24.5. The Hall–Kier alpha value is -1.66. The van der Waals surface area contributed by atoms with E-state index in [2.05, 4.69) is 31.3 Å². The monoisotopic (exact) mass is 860 g/mol. The van der Waals surface area contributed by atoms with Gasteiger partial charge in [-0.05, 0) is 57.8 Å². The molecule has 0 aromatic heterocycles. The molecule has 0 aliphatic rings. The molecule has 2 atom stereocenters. The maximum atomic E-state index is 12.4. The Balaban J connectivity index is 3.46. The number of hydrogen-bond donors (Lipinski definition) is 3. The summed E-state index contributed by atoms with van der Waals surface area (Å²) in [5, 5.41) is 23.0. The maximum Gasteiger partial charge on any atom is 0.305 e. The van der Waals surface area contributed by atoms with Crippen LogP contribution in [0, 0.1) is 0 Å². The highest BCUT2D eigenvalue weighted by Gasteiger charge is 2.18. The van der Waals surface area contributed by atoms with Gasteiger partial charge in [-0.1, -0.05) is 244 Å². The standard InChI is InChI=1S/C55H105NO5/c1-3-5-7-9-11-13-15-17-18-22-25-29-33-37-41-45-49-55(60)61-50-46-42-38-34-30-26-23-20-19-21-24-28-32-36-40-44-48-54(59)56-52(51-57)53(58)47-43-39-35-31-27-16-14-12-10-8-6-4-2/h19,21,43,47,52-53,57-58H,3-18,20,22-42,44-46,48-51H2,1-2H3,(H,56,59)/b21-19-,47-43+. The third kappa shape index (κ3) is 47.7. The van der Waals surface area contributed by atoms with Crippen molar-refractivity contribution in [1.82, 2.24) is 5.32 Å². The fourth-order valence-electron chi connectivity index (χ4n) is 8.27. The Labute approximate surface area is 380 Å². The number of aliphatic hydroxyl groups excluding tert-OH is 2. The third-order valence-corrected chi connectivity index (χ3v) is 12.5. The van der Waals surface area contributed by atoms with Crippen LogP contribution in [0.25, 0.3) is 0 Å². The number of nitrogens with one attached hydrogen (secondary N) is 1. The average molecular weight is 860 g/mol. The molecular formula is C55H105NO5. The quantitative estimate of drug-likeness (QED) is 0.0322. The van der Waals surface area contributed by atoms with Crippen molar-refractivity contribution in [2.75, 3.05) is 13.2 Å². The maximum absolute atomic E-state index is 12.4. The molecule has 0 rings (SSSR count). The summed E-state index contributed by atoms with van der Waals surface area (Å²) in [6.45, 7) is 4.88. The smallest absolute Gasteiger partial charge is 0.305 e. The van der Waals surface area contributed by atoms with E-state index in [1.54, 1.807) is 6.08 Å². The fourth-order valence-corrected chi connectivity index (χ4v) is 8.27. The van der Waals surface area contributed by atoms with Crippen molar-refractivity contribution >= 4 is 11.9 Å². The van der Waals surface area contributed by atoms with Crippen LogP contribution < -0.4 is 5.32 Å². The van der Waals surface area contributed by atoms with Gasteiger partial charge in [0.25, 0.3) is 0 Å². The Kier molecular flexibility index (Phi) is 49.6. The zero-order valence-corrected chi connectivity index (χ0v) is 40.9. The minimum atomic E-state index is -0.853. The number of amides is 1. The van der Waals surface area contributed by atoms with Gasteiger partial charge in [-0.3, -0.25) is 9.59 Å². The van der Waals surface area contributed by atoms with Crippen molar-refractivity contribution in [3.8, 4) is 0 Å². The summed E-state index contributed by atoms with van der Waals surface area (Å²) in [6, 6.07) is -0.638. The van der Waals surface area contributed by atoms with Crippen LogP contribution in [0.5, 0.6) is 0 Å². The number of carbonyl (C=O) groups excluding carboxylic acids is 2. The van der Waals surface area contributed by atoms with E-state index < -0.39 is 12.1 Å². The van der Waals surface area contributed by atoms with E-state index in [-0.39, 0.29) is 18.5 Å². The van der Waals surface area contributed by atoms with Crippen molar-refractivity contribution in [3.63, 3.8) is 0 Å². The minimum Gasteiger partial charge on any atom is -0.466 e. The highest BCUT2D eigenvalue weighted by Crippen LogP contribution is 2.16. The second-order valence-electron chi connectivity index (χ2n) is 18.6. The molecule has 6 nitrogen and oxygen atoms in total. The number of rotatable bonds is 50. The van der Waals surface area contributed by atoms with Gasteiger partial charge in [-0.15, -0.1) is 0 Å². The van der Waals surface area contributed by atoms with E-state index in [1.165, 1.54) is 199 Å². The zero-order chi connectivity index (χ0) is 44.4. The average Bonchev–Trinajstić information content (AvgIpc) is 3.26. The minimum absolute atomic E-state index is 0.000701. The molecule has 0 spiro atoms. The van der Waals surface area contributed by atoms with Gasteiger partial charge in [0.2, 0.25) is 5.91 Å². The van der Waals surface area contributed by atoms with Gasteiger partial charge in [0, 0.05) is 12.8 Å². The zero-order valence-electron chi connectivity index (χ0n) is 40.9. The number of carbonyl (C=O) groups is 2. The lowest BCUT2D eigenvalue weighted by Gasteiger charge is -2.20. The molecule has 0 aromatic carbocycles. The number of aliphatic hydroxyl groups is 2. The molecule has 61 heavy (non-hydrogen) atoms. The molecule has 0 aliphatic heterocycles. The second kappa shape index (κ2) is 51.0. The van der Waals surface area contributed by atoms with E-state index in [0.717, 1.165) is 64.2 Å². The molecule has 360 valence electrons. The summed E-state index contributed by atoms with van der Waals surface area (Å²) in [7, 11) is 0. The summed E-state index contributed by atoms with van der Waals surface area (Å²) < 4.78 is 5.47. The van der Waals surface area contributed by atoms with E-state index in [4.69, 9.17) is 4.74 Å². The lowest BCUT2D eigenvalue weighted by Crippen LogP contribution is -2.45. The summed E-state index contributed by atoms with van der Waals surface area (Å²) in [5.74, 6) is -0.0863. The highest BCUT2D eigenvalue weighted by molar-refractivity contribution is 5.76. The van der Waals surface area contributed by atoms with Crippen LogP contribution in [0.4, 0.5) is 0 Å². The number of unbranched alkanes of at least 4 members (excludes halogenated alkanes) is 37. The highest BCUT2D eigenvalue weighted by atomic mass is 16.5. The first kappa shape index (κ1) is 59.3. The molecule has 0 bridgehead atoms. The number of ether oxygens (including phenoxy) is 1. The first-order valence-corrected chi connectivity index (χ1v) is 27.1. The van der Waals surface area contributed by atoms with Crippen molar-refractivity contribution in [2.45, 2.75) is 302 Å². The van der Waals surface area contributed by atoms with Crippen LogP contribution in [0.2, 0.25) is 0 Å². The van der Waals surface area contributed by atoms with Gasteiger partial charge in [0.1, 0.15) is 0 Å². The van der Waals surface area contributed by atoms with E-state index in [1.807, 2.05) is 6.08 Å². The molecular weight excluding hydrogens is 755 g/mol. The lowest BCUT2D eigenvalue weighted by molar-refractivity contribution is -0.143. The van der Waals surface area contributed by atoms with Crippen molar-refractivity contribution in [3.05, 3.63) is 24.3 Å². The molecule has 1 amide bonds. The molecule has 0 saturated carbocycles. The van der Waals surface area contributed by atoms with Gasteiger partial charge >= 0.3 is 5.97 Å². The van der Waals surface area contributed by atoms with Crippen molar-refractivity contribution in [2.24, 2.45) is 0 Å². The molecule has 2 unspecified atom stereocenters. The number of esters is 1. The largest absolute Gasteiger partial charge is 0.466 e. The van der Waals surface area contributed by atoms with Crippen LogP contribution in [-0.2, 0) is 14.3 Å². The summed E-state index contributed by atoms with van der Waals surface area (Å²) in [5.41, 5.74) is 0. The van der Waals surface area contributed by atoms with Crippen molar-refractivity contribution < 1.29 is 24.5 Å². The van der Waals surface area contributed by atoms with Gasteiger partial charge in [-0.2, -0.15) is 0 Å². The first-order valence-electron chi connectivity index (χ1n) is 27.1. The lowest BCUT2D eigenvalue weighted by atomic mass is 10.0. The number of hydrogen-bond acceptors (Lipinski definition) is 5. The molecule has 0 fully saturated rings. The van der Waals surface area contributed by atoms with Crippen LogP contribution in [0.3, 0.4) is 0 Å². The predicted octanol–water partition coefficient (Wildman–Crippen LogP) is 16.3. The van der Waals surface area contributed by atoms with Gasteiger partial charge < -0.3 is 20.3 Å². The second-order valence-corrected chi connectivity index (χ2v) is 18.6. The SMILES string of the molecule is CCCCCCCCCCCC/C=C/C(O)C(CO)NC(=O)CCCCCCC/C=C\CCCCCCCCCOC(=O)CCCCCCCCCCCCCCCCCC. The third-order valence-electron chi connectivity index (χ3n) is 12.5. The van der Waals surface area contributed by atoms with Gasteiger partial charge in [0.05, 0.1) is 25.4 Å². The molecule has 0 aliphatic carbocycles. The molecule has 0 heterocycles. The molecule has 6 heteroatoms. The predicted molar refractivity (Wildman–Crippen MR) is 264 cm³/mol. The fraction of sp³-hybridized carbons (Fsp3) is 0.891. The molecule has 0 saturated heterocycles. The molecule has 3 N–H and O–H groups in total. The summed E-state index contributed by atoms with van der Waals surface area (Å²) >= 11 is 0. The van der Waals surface area contributed by atoms with Gasteiger partial charge in [-0.25, -0.2) is 0 Å². The van der Waals surface area contributed by atoms with Crippen LogP contribution in [0.15, 0.2) is 24.3 Å².